The van der Waals surface area contributed by atoms with Crippen LogP contribution in [0.5, 0.6) is 0 Å². The van der Waals surface area contributed by atoms with Crippen LogP contribution >= 0.6 is 0 Å². The summed E-state index contributed by atoms with van der Waals surface area (Å²) in [5.74, 6) is -0.453. The molecule has 0 unspecified atom stereocenters. The van der Waals surface area contributed by atoms with Crippen molar-refractivity contribution in [2.45, 2.75) is 19.4 Å². The molecule has 2 amide bonds. The molecule has 0 bridgehead atoms. The molecule has 5 nitrogen and oxygen atoms in total. The minimum atomic E-state index is -0.303. The zero-order valence-corrected chi connectivity index (χ0v) is 18.7. The zero-order chi connectivity index (χ0) is 23.4. The van der Waals surface area contributed by atoms with Gasteiger partial charge in [-0.1, -0.05) is 42.5 Å². The highest BCUT2D eigenvalue weighted by Gasteiger charge is 2.15. The topological polar surface area (TPSA) is 65.2 Å². The maximum Gasteiger partial charge on any atom is 0.253 e. The fourth-order valence-corrected chi connectivity index (χ4v) is 3.88. The number of nitrogens with zero attached hydrogens (tertiary/aromatic N) is 1. The van der Waals surface area contributed by atoms with E-state index in [1.807, 2.05) is 42.5 Å². The SMILES string of the molecule is CN(C)C(=O)c1ccc(CNC(=O)CCc2c(-c3ccccc3)[nH]c3ccc(F)cc23)cc1. The van der Waals surface area contributed by atoms with Gasteiger partial charge in [-0.2, -0.15) is 0 Å². The molecular weight excluding hydrogens is 417 g/mol. The number of nitrogens with one attached hydrogen (secondary N) is 2. The molecule has 0 fully saturated rings. The standard InChI is InChI=1S/C27H26FN3O2/c1-31(2)27(33)20-10-8-18(9-11-20)17-29-25(32)15-13-22-23-16-21(28)12-14-24(23)30-26(22)19-6-4-3-5-7-19/h3-12,14,16,30H,13,15,17H2,1-2H3,(H,29,32). The summed E-state index contributed by atoms with van der Waals surface area (Å²) >= 11 is 0. The van der Waals surface area contributed by atoms with Crippen molar-refractivity contribution in [1.29, 1.82) is 0 Å². The second-order valence-electron chi connectivity index (χ2n) is 8.21. The van der Waals surface area contributed by atoms with Crippen LogP contribution in [0.3, 0.4) is 0 Å². The first kappa shape index (κ1) is 22.3. The summed E-state index contributed by atoms with van der Waals surface area (Å²) < 4.78 is 13.9. The van der Waals surface area contributed by atoms with Gasteiger partial charge in [0.05, 0.1) is 0 Å². The predicted octanol–water partition coefficient (Wildman–Crippen LogP) is 4.92. The van der Waals surface area contributed by atoms with Crippen molar-refractivity contribution in [2.24, 2.45) is 0 Å². The Kier molecular flexibility index (Phi) is 6.54. The third kappa shape index (κ3) is 5.12. The fourth-order valence-electron chi connectivity index (χ4n) is 3.88. The quantitative estimate of drug-likeness (QED) is 0.426. The number of carbonyl (C=O) groups excluding carboxylic acids is 2. The van der Waals surface area contributed by atoms with Crippen LogP contribution in [0, 0.1) is 5.82 Å². The van der Waals surface area contributed by atoms with Crippen molar-refractivity contribution >= 4 is 22.7 Å². The number of amides is 2. The third-order valence-electron chi connectivity index (χ3n) is 5.63. The van der Waals surface area contributed by atoms with Crippen molar-refractivity contribution < 1.29 is 14.0 Å². The fraction of sp³-hybridized carbons (Fsp3) is 0.185. The molecule has 0 spiro atoms. The Morgan fingerprint density at radius 2 is 1.70 bits per heavy atom. The molecular formula is C27H26FN3O2. The monoisotopic (exact) mass is 443 g/mol. The van der Waals surface area contributed by atoms with Crippen molar-refractivity contribution in [3.05, 3.63) is 95.3 Å². The summed E-state index contributed by atoms with van der Waals surface area (Å²) in [6.07, 6.45) is 0.760. The van der Waals surface area contributed by atoms with E-state index in [0.29, 0.717) is 18.5 Å². The molecule has 0 saturated heterocycles. The molecule has 3 aromatic carbocycles. The minimum absolute atomic E-state index is 0.0602. The van der Waals surface area contributed by atoms with Gasteiger partial charge in [0.2, 0.25) is 5.91 Å². The van der Waals surface area contributed by atoms with Gasteiger partial charge in [0.1, 0.15) is 5.82 Å². The summed E-state index contributed by atoms with van der Waals surface area (Å²) in [5, 5.41) is 3.73. The Hall–Kier alpha value is -3.93. The lowest BCUT2D eigenvalue weighted by molar-refractivity contribution is -0.121. The van der Waals surface area contributed by atoms with Crippen LogP contribution < -0.4 is 5.32 Å². The molecule has 0 atom stereocenters. The van der Waals surface area contributed by atoms with Gasteiger partial charge < -0.3 is 15.2 Å². The number of rotatable bonds is 7. The van der Waals surface area contributed by atoms with Crippen LogP contribution in [-0.4, -0.2) is 35.8 Å². The lowest BCUT2D eigenvalue weighted by Crippen LogP contribution is -2.23. The summed E-state index contributed by atoms with van der Waals surface area (Å²) in [6, 6.07) is 21.7. The first-order valence-corrected chi connectivity index (χ1v) is 10.8. The van der Waals surface area contributed by atoms with Crippen LogP contribution in [0.1, 0.15) is 27.9 Å². The van der Waals surface area contributed by atoms with Crippen LogP contribution in [0.2, 0.25) is 0 Å². The Bertz CT molecular complexity index is 1280. The van der Waals surface area contributed by atoms with E-state index in [4.69, 9.17) is 0 Å². The maximum atomic E-state index is 13.9. The summed E-state index contributed by atoms with van der Waals surface area (Å²) in [4.78, 5) is 29.5. The maximum absolute atomic E-state index is 13.9. The van der Waals surface area contributed by atoms with Crippen LogP contribution in [-0.2, 0) is 17.8 Å². The number of aromatic nitrogens is 1. The van der Waals surface area contributed by atoms with E-state index < -0.39 is 0 Å². The van der Waals surface area contributed by atoms with E-state index in [2.05, 4.69) is 10.3 Å². The number of carbonyl (C=O) groups is 2. The molecule has 0 radical (unpaired) electrons. The number of hydrogen-bond acceptors (Lipinski definition) is 2. The Morgan fingerprint density at radius 1 is 0.970 bits per heavy atom. The molecule has 6 heteroatoms. The average Bonchev–Trinajstić information content (AvgIpc) is 3.19. The normalized spacial score (nSPS) is 10.9. The highest BCUT2D eigenvalue weighted by atomic mass is 19.1. The highest BCUT2D eigenvalue weighted by molar-refractivity contribution is 5.94. The number of H-pyrrole nitrogens is 1. The first-order valence-electron chi connectivity index (χ1n) is 10.8. The summed E-state index contributed by atoms with van der Waals surface area (Å²) in [5.41, 5.74) is 5.20. The van der Waals surface area contributed by atoms with Crippen LogP contribution in [0.15, 0.2) is 72.8 Å². The van der Waals surface area contributed by atoms with Gasteiger partial charge in [-0.05, 0) is 53.4 Å². The summed E-state index contributed by atoms with van der Waals surface area (Å²) in [6.45, 7) is 0.378. The van der Waals surface area contributed by atoms with Crippen LogP contribution in [0.4, 0.5) is 4.39 Å². The van der Waals surface area contributed by atoms with E-state index >= 15 is 0 Å². The molecule has 4 rings (SSSR count). The number of fused-ring (bicyclic) bond motifs is 1. The smallest absolute Gasteiger partial charge is 0.253 e. The lowest BCUT2D eigenvalue weighted by Gasteiger charge is -2.11. The van der Waals surface area contributed by atoms with Gasteiger partial charge in [-0.3, -0.25) is 9.59 Å². The molecule has 0 saturated carbocycles. The molecule has 2 N–H and O–H groups in total. The van der Waals surface area contributed by atoms with Crippen molar-refractivity contribution in [3.8, 4) is 11.3 Å². The minimum Gasteiger partial charge on any atom is -0.354 e. The van der Waals surface area contributed by atoms with Crippen molar-refractivity contribution in [3.63, 3.8) is 0 Å². The highest BCUT2D eigenvalue weighted by Crippen LogP contribution is 2.31. The molecule has 4 aromatic rings. The van der Waals surface area contributed by atoms with Gasteiger partial charge >= 0.3 is 0 Å². The van der Waals surface area contributed by atoms with E-state index in [1.54, 1.807) is 32.3 Å². The second-order valence-corrected chi connectivity index (χ2v) is 8.21. The Morgan fingerprint density at radius 3 is 2.39 bits per heavy atom. The number of hydrogen-bond donors (Lipinski definition) is 2. The zero-order valence-electron chi connectivity index (χ0n) is 18.7. The van der Waals surface area contributed by atoms with E-state index in [1.165, 1.54) is 17.0 Å². The molecule has 1 heterocycles. The number of halogens is 1. The molecule has 0 aliphatic carbocycles. The lowest BCUT2D eigenvalue weighted by atomic mass is 10.0. The van der Waals surface area contributed by atoms with E-state index in [0.717, 1.165) is 33.3 Å². The number of benzene rings is 3. The predicted molar refractivity (Wildman–Crippen MR) is 128 cm³/mol. The summed E-state index contributed by atoms with van der Waals surface area (Å²) in [7, 11) is 3.42. The average molecular weight is 444 g/mol. The Balaban J connectivity index is 1.44. The number of aromatic amines is 1. The third-order valence-corrected chi connectivity index (χ3v) is 5.63. The molecule has 0 aliphatic rings. The van der Waals surface area contributed by atoms with Gasteiger partial charge in [0, 0.05) is 49.2 Å². The molecule has 33 heavy (non-hydrogen) atoms. The largest absolute Gasteiger partial charge is 0.354 e. The molecule has 168 valence electrons. The number of aryl methyl sites for hydroxylation is 1. The van der Waals surface area contributed by atoms with Crippen molar-refractivity contribution in [1.82, 2.24) is 15.2 Å². The van der Waals surface area contributed by atoms with Gasteiger partial charge in [0.15, 0.2) is 0 Å². The molecule has 0 aliphatic heterocycles. The van der Waals surface area contributed by atoms with Crippen molar-refractivity contribution in [2.75, 3.05) is 14.1 Å². The van der Waals surface area contributed by atoms with Gasteiger partial charge in [0.25, 0.3) is 5.91 Å². The Labute approximate surface area is 192 Å². The van der Waals surface area contributed by atoms with E-state index in [9.17, 15) is 14.0 Å². The van der Waals surface area contributed by atoms with Crippen LogP contribution in [0.25, 0.3) is 22.2 Å². The first-order chi connectivity index (χ1) is 15.9. The van der Waals surface area contributed by atoms with E-state index in [-0.39, 0.29) is 24.1 Å². The van der Waals surface area contributed by atoms with Gasteiger partial charge in [-0.25, -0.2) is 4.39 Å². The van der Waals surface area contributed by atoms with Gasteiger partial charge in [-0.15, -0.1) is 0 Å². The second kappa shape index (κ2) is 9.69. The molecule has 1 aromatic heterocycles.